The van der Waals surface area contributed by atoms with E-state index in [2.05, 4.69) is 0 Å². The second-order valence-electron chi connectivity index (χ2n) is 8.18. The van der Waals surface area contributed by atoms with E-state index in [1.54, 1.807) is 37.5 Å². The largest absolute Gasteiger partial charge is 0.497 e. The summed E-state index contributed by atoms with van der Waals surface area (Å²) in [6, 6.07) is 7.13. The van der Waals surface area contributed by atoms with E-state index in [0.29, 0.717) is 17.6 Å². The molecule has 0 spiro atoms. The maximum atomic E-state index is 12.5. The molecule has 2 saturated carbocycles. The van der Waals surface area contributed by atoms with Crippen LogP contribution < -0.4 is 9.47 Å². The van der Waals surface area contributed by atoms with Gasteiger partial charge in [0.1, 0.15) is 17.6 Å². The molecule has 0 bridgehead atoms. The van der Waals surface area contributed by atoms with Crippen molar-refractivity contribution in [3.63, 3.8) is 0 Å². The van der Waals surface area contributed by atoms with Crippen molar-refractivity contribution in [1.82, 2.24) is 0 Å². The molecule has 29 heavy (non-hydrogen) atoms. The summed E-state index contributed by atoms with van der Waals surface area (Å²) in [7, 11) is 1.61. The first-order valence-corrected chi connectivity index (χ1v) is 10.8. The number of carbonyl (C=O) groups is 2. The van der Waals surface area contributed by atoms with E-state index in [1.165, 1.54) is 6.08 Å². The molecule has 2 fully saturated rings. The van der Waals surface area contributed by atoms with E-state index in [1.807, 2.05) is 6.92 Å². The summed E-state index contributed by atoms with van der Waals surface area (Å²) in [5, 5.41) is 0. The molecular formula is C24H32O5. The first-order chi connectivity index (χ1) is 14.1. The van der Waals surface area contributed by atoms with Gasteiger partial charge in [0.25, 0.3) is 0 Å². The second-order valence-corrected chi connectivity index (χ2v) is 8.18. The highest BCUT2D eigenvalue weighted by Crippen LogP contribution is 2.41. The number of rotatable bonds is 6. The molecular weight excluding hydrogens is 368 g/mol. The average molecular weight is 401 g/mol. The predicted molar refractivity (Wildman–Crippen MR) is 111 cm³/mol. The first-order valence-electron chi connectivity index (χ1n) is 10.8. The standard InChI is InChI=1S/C24H32O5/c1-3-4-23(25)28-21-11-9-18(10-12-21)17-5-7-19(8-6-17)24(26)29-22-15-13-20(27-2)14-16-22/h3-4,13-19,21H,5-12H2,1-2H3/t17-,18-,19-,21-. The van der Waals surface area contributed by atoms with Crippen LogP contribution >= 0.6 is 0 Å². The van der Waals surface area contributed by atoms with E-state index in [0.717, 1.165) is 57.1 Å². The van der Waals surface area contributed by atoms with Gasteiger partial charge in [-0.2, -0.15) is 0 Å². The van der Waals surface area contributed by atoms with Gasteiger partial charge in [-0.25, -0.2) is 4.79 Å². The molecule has 158 valence electrons. The summed E-state index contributed by atoms with van der Waals surface area (Å²) in [6.45, 7) is 1.82. The van der Waals surface area contributed by atoms with E-state index >= 15 is 0 Å². The topological polar surface area (TPSA) is 61.8 Å². The normalized spacial score (nSPS) is 27.4. The summed E-state index contributed by atoms with van der Waals surface area (Å²) >= 11 is 0. The lowest BCUT2D eigenvalue weighted by molar-refractivity contribution is -0.145. The SMILES string of the molecule is CC=CC(=O)O[C@H]1CC[C@H]([C@H]2CC[C@H](C(=O)Oc3ccc(OC)cc3)CC2)CC1. The van der Waals surface area contributed by atoms with Crippen LogP contribution in [0.15, 0.2) is 36.4 Å². The van der Waals surface area contributed by atoms with Crippen molar-refractivity contribution >= 4 is 11.9 Å². The number of esters is 2. The third kappa shape index (κ3) is 6.09. The number of allylic oxidation sites excluding steroid dienone is 1. The van der Waals surface area contributed by atoms with E-state index < -0.39 is 0 Å². The Morgan fingerprint density at radius 1 is 0.862 bits per heavy atom. The Bertz CT molecular complexity index is 692. The van der Waals surface area contributed by atoms with Gasteiger partial charge in [-0.1, -0.05) is 6.08 Å². The molecule has 1 aromatic rings. The molecule has 1 aromatic carbocycles. The van der Waals surface area contributed by atoms with Crippen LogP contribution in [0, 0.1) is 17.8 Å². The van der Waals surface area contributed by atoms with Crippen LogP contribution in [0.2, 0.25) is 0 Å². The highest BCUT2D eigenvalue weighted by atomic mass is 16.5. The van der Waals surface area contributed by atoms with Crippen molar-refractivity contribution in [3.8, 4) is 11.5 Å². The minimum absolute atomic E-state index is 0.00789. The van der Waals surface area contributed by atoms with Crippen LogP contribution in [0.4, 0.5) is 0 Å². The molecule has 0 aliphatic heterocycles. The monoisotopic (exact) mass is 400 g/mol. The van der Waals surface area contributed by atoms with Gasteiger partial charge in [0, 0.05) is 6.08 Å². The maximum Gasteiger partial charge on any atom is 0.330 e. The fourth-order valence-corrected chi connectivity index (χ4v) is 4.69. The summed E-state index contributed by atoms with van der Waals surface area (Å²) in [5.74, 6) is 2.32. The zero-order valence-corrected chi connectivity index (χ0v) is 17.5. The average Bonchev–Trinajstić information content (AvgIpc) is 2.75. The summed E-state index contributed by atoms with van der Waals surface area (Å²) < 4.78 is 16.2. The van der Waals surface area contributed by atoms with Crippen molar-refractivity contribution < 1.29 is 23.8 Å². The number of hydrogen-bond acceptors (Lipinski definition) is 5. The second kappa shape index (κ2) is 10.5. The number of carbonyl (C=O) groups excluding carboxylic acids is 2. The fourth-order valence-electron chi connectivity index (χ4n) is 4.69. The number of benzene rings is 1. The van der Waals surface area contributed by atoms with Crippen molar-refractivity contribution in [2.75, 3.05) is 7.11 Å². The molecule has 3 rings (SSSR count). The summed E-state index contributed by atoms with van der Waals surface area (Å²) in [4.78, 5) is 24.1. The molecule has 0 unspecified atom stereocenters. The van der Waals surface area contributed by atoms with Crippen LogP contribution in [0.5, 0.6) is 11.5 Å². The molecule has 2 aliphatic carbocycles. The van der Waals surface area contributed by atoms with Crippen LogP contribution in [0.25, 0.3) is 0 Å². The van der Waals surface area contributed by atoms with Gasteiger partial charge in [0.05, 0.1) is 13.0 Å². The Morgan fingerprint density at radius 2 is 1.41 bits per heavy atom. The van der Waals surface area contributed by atoms with Crippen LogP contribution in [0.1, 0.15) is 58.3 Å². The van der Waals surface area contributed by atoms with Gasteiger partial charge in [0.15, 0.2) is 0 Å². The van der Waals surface area contributed by atoms with Gasteiger partial charge < -0.3 is 14.2 Å². The Balaban J connectivity index is 1.40. The van der Waals surface area contributed by atoms with Crippen molar-refractivity contribution in [2.24, 2.45) is 17.8 Å². The molecule has 5 nitrogen and oxygen atoms in total. The highest BCUT2D eigenvalue weighted by Gasteiger charge is 2.34. The molecule has 2 aliphatic rings. The Hall–Kier alpha value is -2.30. The van der Waals surface area contributed by atoms with Crippen LogP contribution in [-0.2, 0) is 14.3 Å². The van der Waals surface area contributed by atoms with Gasteiger partial charge in [0.2, 0.25) is 0 Å². The minimum Gasteiger partial charge on any atom is -0.497 e. The molecule has 0 aromatic heterocycles. The first kappa shape index (κ1) is 21.4. The zero-order valence-electron chi connectivity index (χ0n) is 17.5. The van der Waals surface area contributed by atoms with Gasteiger partial charge in [-0.15, -0.1) is 0 Å². The Kier molecular flexibility index (Phi) is 7.73. The molecule has 0 N–H and O–H groups in total. The molecule has 0 heterocycles. The number of ether oxygens (including phenoxy) is 3. The molecule has 0 radical (unpaired) electrons. The third-order valence-corrected chi connectivity index (χ3v) is 6.35. The predicted octanol–water partition coefficient (Wildman–Crippen LogP) is 5.09. The lowest BCUT2D eigenvalue weighted by Gasteiger charge is -2.37. The van der Waals surface area contributed by atoms with Crippen LogP contribution in [-0.4, -0.2) is 25.2 Å². The lowest BCUT2D eigenvalue weighted by Crippen LogP contribution is -2.31. The minimum atomic E-state index is -0.230. The zero-order chi connectivity index (χ0) is 20.6. The molecule has 0 atom stereocenters. The number of hydrogen-bond donors (Lipinski definition) is 0. The Labute approximate surface area is 173 Å². The smallest absolute Gasteiger partial charge is 0.330 e. The highest BCUT2D eigenvalue weighted by molar-refractivity contribution is 5.81. The van der Waals surface area contributed by atoms with E-state index in [4.69, 9.17) is 14.2 Å². The van der Waals surface area contributed by atoms with Gasteiger partial charge in [-0.05, 0) is 94.4 Å². The van der Waals surface area contributed by atoms with Crippen molar-refractivity contribution in [2.45, 2.75) is 64.4 Å². The lowest BCUT2D eigenvalue weighted by atomic mass is 9.70. The van der Waals surface area contributed by atoms with E-state index in [-0.39, 0.29) is 24.0 Å². The summed E-state index contributed by atoms with van der Waals surface area (Å²) in [6.07, 6.45) is 11.3. The van der Waals surface area contributed by atoms with Crippen LogP contribution in [0.3, 0.4) is 0 Å². The fraction of sp³-hybridized carbons (Fsp3) is 0.583. The van der Waals surface area contributed by atoms with Crippen molar-refractivity contribution in [1.29, 1.82) is 0 Å². The van der Waals surface area contributed by atoms with E-state index in [9.17, 15) is 9.59 Å². The van der Waals surface area contributed by atoms with Crippen molar-refractivity contribution in [3.05, 3.63) is 36.4 Å². The quantitative estimate of drug-likeness (QED) is 0.378. The molecule has 0 amide bonds. The maximum absolute atomic E-state index is 12.5. The van der Waals surface area contributed by atoms with Gasteiger partial charge >= 0.3 is 11.9 Å². The third-order valence-electron chi connectivity index (χ3n) is 6.35. The summed E-state index contributed by atoms with van der Waals surface area (Å²) in [5.41, 5.74) is 0. The Morgan fingerprint density at radius 3 is 1.97 bits per heavy atom. The molecule has 0 saturated heterocycles. The van der Waals surface area contributed by atoms with Gasteiger partial charge in [-0.3, -0.25) is 4.79 Å². The number of methoxy groups -OCH3 is 1. The molecule has 5 heteroatoms.